The topological polar surface area (TPSA) is 43.4 Å². The van der Waals surface area contributed by atoms with E-state index in [2.05, 4.69) is 0 Å². The number of rotatable bonds is 6. The van der Waals surface area contributed by atoms with Crippen molar-refractivity contribution in [2.75, 3.05) is 7.11 Å². The van der Waals surface area contributed by atoms with E-state index in [1.54, 1.807) is 0 Å². The van der Waals surface area contributed by atoms with Gasteiger partial charge in [-0.1, -0.05) is 20.3 Å². The van der Waals surface area contributed by atoms with Gasteiger partial charge in [-0.2, -0.15) is 0 Å². The minimum atomic E-state index is -0.578. The molecule has 0 fully saturated rings. The highest BCUT2D eigenvalue weighted by Crippen LogP contribution is 2.32. The lowest BCUT2D eigenvalue weighted by Crippen LogP contribution is -2.32. The normalized spacial score (nSPS) is 14.7. The molecule has 0 saturated carbocycles. The summed E-state index contributed by atoms with van der Waals surface area (Å²) in [5.41, 5.74) is -0.578. The Morgan fingerprint density at radius 1 is 1.46 bits per heavy atom. The van der Waals surface area contributed by atoms with Crippen molar-refractivity contribution in [2.24, 2.45) is 5.41 Å². The summed E-state index contributed by atoms with van der Waals surface area (Å²) in [6.07, 6.45) is 3.33. The van der Waals surface area contributed by atoms with Crippen LogP contribution in [0, 0.1) is 5.41 Å². The maximum absolute atomic E-state index is 11.5. The summed E-state index contributed by atoms with van der Waals surface area (Å²) in [4.78, 5) is 21.9. The van der Waals surface area contributed by atoms with Crippen LogP contribution in [0.5, 0.6) is 0 Å². The molecule has 0 radical (unpaired) electrons. The van der Waals surface area contributed by atoms with Gasteiger partial charge in [-0.15, -0.1) is 0 Å². The fourth-order valence-corrected chi connectivity index (χ4v) is 1.61. The second kappa shape index (κ2) is 5.73. The molecule has 0 saturated heterocycles. The van der Waals surface area contributed by atoms with E-state index in [9.17, 15) is 9.59 Å². The summed E-state index contributed by atoms with van der Waals surface area (Å²) in [7, 11) is 1.37. The fraction of sp³-hybridized carbons (Fsp3) is 0.800. The van der Waals surface area contributed by atoms with Crippen LogP contribution in [0.25, 0.3) is 0 Å². The lowest BCUT2D eigenvalue weighted by Gasteiger charge is -2.27. The molecule has 3 heteroatoms. The van der Waals surface area contributed by atoms with E-state index in [1.807, 2.05) is 13.8 Å². The second-order valence-corrected chi connectivity index (χ2v) is 3.25. The number of carbonyl (C=O) groups is 2. The molecular weight excluding hydrogens is 168 g/mol. The highest BCUT2D eigenvalue weighted by molar-refractivity contribution is 5.79. The molecule has 0 spiro atoms. The molecule has 0 aromatic heterocycles. The lowest BCUT2D eigenvalue weighted by atomic mass is 9.78. The maximum Gasteiger partial charge on any atom is 0.312 e. The van der Waals surface area contributed by atoms with E-state index in [1.165, 1.54) is 7.11 Å². The van der Waals surface area contributed by atoms with Crippen LogP contribution in [0.15, 0.2) is 0 Å². The molecule has 3 nitrogen and oxygen atoms in total. The van der Waals surface area contributed by atoms with Crippen LogP contribution < -0.4 is 0 Å². The zero-order chi connectivity index (χ0) is 10.3. The van der Waals surface area contributed by atoms with E-state index in [0.29, 0.717) is 6.42 Å². The maximum atomic E-state index is 11.5. The summed E-state index contributed by atoms with van der Waals surface area (Å²) in [5.74, 6) is -0.260. The molecule has 0 rings (SSSR count). The molecular formula is C10H18O3. The van der Waals surface area contributed by atoms with E-state index in [4.69, 9.17) is 4.74 Å². The van der Waals surface area contributed by atoms with Crippen molar-refractivity contribution >= 4 is 12.3 Å². The van der Waals surface area contributed by atoms with E-state index >= 15 is 0 Å². The Bertz CT molecular complexity index is 177. The van der Waals surface area contributed by atoms with Crippen molar-refractivity contribution < 1.29 is 14.3 Å². The Kier molecular flexibility index (Phi) is 5.35. The first-order valence-electron chi connectivity index (χ1n) is 4.69. The first-order chi connectivity index (χ1) is 6.16. The number of esters is 1. The molecule has 0 aromatic carbocycles. The summed E-state index contributed by atoms with van der Waals surface area (Å²) in [6.45, 7) is 3.91. The van der Waals surface area contributed by atoms with E-state index in [-0.39, 0.29) is 12.4 Å². The Morgan fingerprint density at radius 2 is 2.08 bits per heavy atom. The van der Waals surface area contributed by atoms with Crippen LogP contribution in [0.1, 0.15) is 39.5 Å². The molecule has 0 aromatic rings. The first-order valence-corrected chi connectivity index (χ1v) is 4.69. The van der Waals surface area contributed by atoms with Gasteiger partial charge in [-0.25, -0.2) is 0 Å². The van der Waals surface area contributed by atoms with E-state index in [0.717, 1.165) is 19.1 Å². The molecule has 1 unspecified atom stereocenters. The molecule has 0 aliphatic rings. The number of carbonyl (C=O) groups excluding carboxylic acids is 2. The quantitative estimate of drug-likeness (QED) is 0.470. The molecule has 0 amide bonds. The average Bonchev–Trinajstić information content (AvgIpc) is 2.16. The molecule has 0 aliphatic carbocycles. The SMILES string of the molecule is CCCC(CC)(CC=O)C(=O)OC. The molecule has 0 heterocycles. The predicted octanol–water partition coefficient (Wildman–Crippen LogP) is 1.94. The number of ether oxygens (including phenoxy) is 1. The summed E-state index contributed by atoms with van der Waals surface area (Å²) >= 11 is 0. The predicted molar refractivity (Wildman–Crippen MR) is 50.3 cm³/mol. The van der Waals surface area contributed by atoms with Crippen LogP contribution in [0.4, 0.5) is 0 Å². The molecule has 1 atom stereocenters. The number of hydrogen-bond acceptors (Lipinski definition) is 3. The van der Waals surface area contributed by atoms with Gasteiger partial charge in [0.05, 0.1) is 12.5 Å². The molecule has 0 bridgehead atoms. The zero-order valence-corrected chi connectivity index (χ0v) is 8.63. The van der Waals surface area contributed by atoms with Gasteiger partial charge in [0.2, 0.25) is 0 Å². The largest absolute Gasteiger partial charge is 0.469 e. The summed E-state index contributed by atoms with van der Waals surface area (Å²) in [5, 5.41) is 0. The third kappa shape index (κ3) is 2.83. The Morgan fingerprint density at radius 3 is 2.38 bits per heavy atom. The Labute approximate surface area is 79.5 Å². The van der Waals surface area contributed by atoms with Crippen LogP contribution >= 0.6 is 0 Å². The van der Waals surface area contributed by atoms with Crippen LogP contribution in [0.3, 0.4) is 0 Å². The number of aldehydes is 1. The van der Waals surface area contributed by atoms with Crippen molar-refractivity contribution in [3.63, 3.8) is 0 Å². The zero-order valence-electron chi connectivity index (χ0n) is 8.63. The number of hydrogen-bond donors (Lipinski definition) is 0. The van der Waals surface area contributed by atoms with Crippen LogP contribution in [-0.4, -0.2) is 19.4 Å². The van der Waals surface area contributed by atoms with Gasteiger partial charge in [-0.3, -0.25) is 4.79 Å². The molecule has 0 N–H and O–H groups in total. The van der Waals surface area contributed by atoms with Gasteiger partial charge in [0.15, 0.2) is 0 Å². The molecule has 0 aliphatic heterocycles. The third-order valence-electron chi connectivity index (χ3n) is 2.50. The van der Waals surface area contributed by atoms with Gasteiger partial charge in [-0.05, 0) is 12.8 Å². The summed E-state index contributed by atoms with van der Waals surface area (Å²) < 4.78 is 4.71. The smallest absolute Gasteiger partial charge is 0.312 e. The lowest BCUT2D eigenvalue weighted by molar-refractivity contribution is -0.155. The van der Waals surface area contributed by atoms with E-state index < -0.39 is 5.41 Å². The van der Waals surface area contributed by atoms with Gasteiger partial charge >= 0.3 is 5.97 Å². The Hall–Kier alpha value is -0.860. The van der Waals surface area contributed by atoms with Crippen molar-refractivity contribution in [3.8, 4) is 0 Å². The fourth-order valence-electron chi connectivity index (χ4n) is 1.61. The van der Waals surface area contributed by atoms with Crippen LogP contribution in [-0.2, 0) is 14.3 Å². The van der Waals surface area contributed by atoms with Gasteiger partial charge in [0, 0.05) is 6.42 Å². The highest BCUT2D eigenvalue weighted by atomic mass is 16.5. The standard InChI is InChI=1S/C10H18O3/c1-4-6-10(5-2,7-8-11)9(12)13-3/h8H,4-7H2,1-3H3. The van der Waals surface area contributed by atoms with Gasteiger partial charge in [0.1, 0.15) is 6.29 Å². The minimum absolute atomic E-state index is 0.260. The number of methoxy groups -OCH3 is 1. The van der Waals surface area contributed by atoms with Crippen molar-refractivity contribution in [1.29, 1.82) is 0 Å². The first kappa shape index (κ1) is 12.1. The molecule has 76 valence electrons. The second-order valence-electron chi connectivity index (χ2n) is 3.25. The van der Waals surface area contributed by atoms with Crippen molar-refractivity contribution in [1.82, 2.24) is 0 Å². The van der Waals surface area contributed by atoms with Gasteiger partial charge in [0.25, 0.3) is 0 Å². The average molecular weight is 186 g/mol. The monoisotopic (exact) mass is 186 g/mol. The third-order valence-corrected chi connectivity index (χ3v) is 2.50. The van der Waals surface area contributed by atoms with Crippen molar-refractivity contribution in [3.05, 3.63) is 0 Å². The van der Waals surface area contributed by atoms with Gasteiger partial charge < -0.3 is 9.53 Å². The van der Waals surface area contributed by atoms with Crippen LogP contribution in [0.2, 0.25) is 0 Å². The summed E-state index contributed by atoms with van der Waals surface area (Å²) in [6, 6.07) is 0. The Balaban J connectivity index is 4.61. The highest BCUT2D eigenvalue weighted by Gasteiger charge is 2.36. The minimum Gasteiger partial charge on any atom is -0.469 e. The molecule has 13 heavy (non-hydrogen) atoms. The van der Waals surface area contributed by atoms with Crippen molar-refractivity contribution in [2.45, 2.75) is 39.5 Å².